The van der Waals surface area contributed by atoms with Crippen molar-refractivity contribution in [3.63, 3.8) is 0 Å². The molecule has 6 nitrogen and oxygen atoms in total. The van der Waals surface area contributed by atoms with Crippen LogP contribution in [0.15, 0.2) is 35.1 Å². The van der Waals surface area contributed by atoms with Gasteiger partial charge < -0.3 is 24.8 Å². The lowest BCUT2D eigenvalue weighted by molar-refractivity contribution is 0.195. The molecule has 1 fully saturated rings. The monoisotopic (exact) mass is 341 g/mol. The van der Waals surface area contributed by atoms with E-state index in [1.165, 1.54) is 0 Å². The number of methoxy groups -OCH3 is 1. The quantitative estimate of drug-likeness (QED) is 0.791. The molecule has 2 aromatic rings. The van der Waals surface area contributed by atoms with Crippen molar-refractivity contribution in [2.45, 2.75) is 25.9 Å². The zero-order chi connectivity index (χ0) is 17.8. The molecular formula is C19H23N3O3. The fourth-order valence-corrected chi connectivity index (χ4v) is 3.02. The maximum atomic E-state index is 12.9. The molecule has 1 aliphatic rings. The minimum absolute atomic E-state index is 0.160. The van der Waals surface area contributed by atoms with Crippen molar-refractivity contribution in [1.29, 1.82) is 5.41 Å². The number of pyridine rings is 1. The van der Waals surface area contributed by atoms with Crippen LogP contribution in [0.5, 0.6) is 5.75 Å². The number of ether oxygens (including phenoxy) is 2. The van der Waals surface area contributed by atoms with E-state index < -0.39 is 0 Å². The molecule has 2 heterocycles. The Morgan fingerprint density at radius 2 is 2.16 bits per heavy atom. The van der Waals surface area contributed by atoms with Gasteiger partial charge in [0.15, 0.2) is 0 Å². The smallest absolute Gasteiger partial charge is 0.261 e. The topological polar surface area (TPSA) is 76.3 Å². The van der Waals surface area contributed by atoms with Crippen molar-refractivity contribution in [3.05, 3.63) is 57.5 Å². The van der Waals surface area contributed by atoms with E-state index in [0.29, 0.717) is 24.4 Å². The normalized spacial score (nSPS) is 16.6. The van der Waals surface area contributed by atoms with Crippen LogP contribution in [-0.4, -0.2) is 37.1 Å². The van der Waals surface area contributed by atoms with Gasteiger partial charge in [0.1, 0.15) is 5.75 Å². The van der Waals surface area contributed by atoms with E-state index >= 15 is 0 Å². The third-order valence-electron chi connectivity index (χ3n) is 4.48. The molecule has 1 aromatic carbocycles. The second-order valence-electron chi connectivity index (χ2n) is 6.20. The summed E-state index contributed by atoms with van der Waals surface area (Å²) < 4.78 is 12.2. The number of anilines is 1. The maximum absolute atomic E-state index is 12.9. The third-order valence-corrected chi connectivity index (χ3v) is 4.48. The molecule has 1 atom stereocenters. The average Bonchev–Trinajstić information content (AvgIpc) is 3.12. The molecule has 3 rings (SSSR count). The van der Waals surface area contributed by atoms with E-state index in [2.05, 4.69) is 5.32 Å². The van der Waals surface area contributed by atoms with Crippen molar-refractivity contribution in [2.75, 3.05) is 25.6 Å². The highest BCUT2D eigenvalue weighted by molar-refractivity contribution is 5.85. The van der Waals surface area contributed by atoms with Gasteiger partial charge in [0.25, 0.3) is 5.56 Å². The van der Waals surface area contributed by atoms with E-state index in [0.717, 1.165) is 36.2 Å². The van der Waals surface area contributed by atoms with Gasteiger partial charge in [-0.25, -0.2) is 0 Å². The molecule has 0 bridgehead atoms. The van der Waals surface area contributed by atoms with Crippen LogP contribution >= 0.6 is 0 Å². The van der Waals surface area contributed by atoms with E-state index in [1.807, 2.05) is 37.3 Å². The first kappa shape index (κ1) is 17.2. The summed E-state index contributed by atoms with van der Waals surface area (Å²) in [6, 6.07) is 9.76. The Bertz CT molecular complexity index is 806. The van der Waals surface area contributed by atoms with Crippen LogP contribution in [0.1, 0.15) is 23.2 Å². The van der Waals surface area contributed by atoms with Crippen LogP contribution in [0.4, 0.5) is 5.69 Å². The molecule has 132 valence electrons. The Labute approximate surface area is 146 Å². The van der Waals surface area contributed by atoms with Crippen molar-refractivity contribution in [2.24, 2.45) is 0 Å². The fourth-order valence-electron chi connectivity index (χ4n) is 3.02. The first-order valence-corrected chi connectivity index (χ1v) is 8.34. The third kappa shape index (κ3) is 3.74. The lowest BCUT2D eigenvalue weighted by Gasteiger charge is -2.18. The standard InChI is InChI=1S/C19H23N3O3/c1-13-9-18(21-15-7-8-25-12-15)17(10-20)19(23)22(13)11-14-3-5-16(24-2)6-4-14/h3-6,9-10,15,20-21H,7-8,11-12H2,1-2H3. The lowest BCUT2D eigenvalue weighted by atomic mass is 10.1. The van der Waals surface area contributed by atoms with E-state index in [9.17, 15) is 4.79 Å². The molecule has 6 heteroatoms. The first-order chi connectivity index (χ1) is 12.1. The number of rotatable bonds is 6. The minimum Gasteiger partial charge on any atom is -0.497 e. The Morgan fingerprint density at radius 3 is 2.76 bits per heavy atom. The SMILES string of the molecule is COc1ccc(Cn2c(C)cc(NC3CCOC3)c(C=N)c2=O)cc1. The van der Waals surface area contributed by atoms with Gasteiger partial charge in [-0.05, 0) is 37.1 Å². The van der Waals surface area contributed by atoms with Crippen LogP contribution in [0.2, 0.25) is 0 Å². The van der Waals surface area contributed by atoms with Gasteiger partial charge in [0.2, 0.25) is 0 Å². The molecular weight excluding hydrogens is 318 g/mol. The van der Waals surface area contributed by atoms with E-state index in [1.54, 1.807) is 11.7 Å². The Balaban J connectivity index is 1.91. The van der Waals surface area contributed by atoms with Crippen LogP contribution in [0, 0.1) is 12.3 Å². The molecule has 1 aliphatic heterocycles. The minimum atomic E-state index is -0.160. The van der Waals surface area contributed by atoms with Crippen molar-refractivity contribution in [1.82, 2.24) is 4.57 Å². The summed E-state index contributed by atoms with van der Waals surface area (Å²) in [6.07, 6.45) is 2.04. The molecule has 0 radical (unpaired) electrons. The summed E-state index contributed by atoms with van der Waals surface area (Å²) in [5.74, 6) is 0.784. The predicted octanol–water partition coefficient (Wildman–Crippen LogP) is 2.41. The van der Waals surface area contributed by atoms with Gasteiger partial charge in [-0.3, -0.25) is 4.79 Å². The summed E-state index contributed by atoms with van der Waals surface area (Å²) in [7, 11) is 1.63. The highest BCUT2D eigenvalue weighted by Crippen LogP contribution is 2.18. The molecule has 1 aromatic heterocycles. The molecule has 0 saturated carbocycles. The second kappa shape index (κ2) is 7.53. The predicted molar refractivity (Wildman–Crippen MR) is 98.3 cm³/mol. The molecule has 1 unspecified atom stereocenters. The fraction of sp³-hybridized carbons (Fsp3) is 0.368. The Hall–Kier alpha value is -2.60. The summed E-state index contributed by atoms with van der Waals surface area (Å²) >= 11 is 0. The Kier molecular flexibility index (Phi) is 5.19. The lowest BCUT2D eigenvalue weighted by Crippen LogP contribution is -2.29. The zero-order valence-electron chi connectivity index (χ0n) is 14.5. The second-order valence-corrected chi connectivity index (χ2v) is 6.20. The molecule has 0 amide bonds. The molecule has 0 aliphatic carbocycles. The molecule has 1 saturated heterocycles. The van der Waals surface area contributed by atoms with Gasteiger partial charge in [-0.1, -0.05) is 12.1 Å². The van der Waals surface area contributed by atoms with Crippen molar-refractivity contribution < 1.29 is 9.47 Å². The number of nitrogens with one attached hydrogen (secondary N) is 2. The zero-order valence-corrected chi connectivity index (χ0v) is 14.5. The van der Waals surface area contributed by atoms with E-state index in [-0.39, 0.29) is 11.6 Å². The number of aryl methyl sites for hydroxylation is 1. The van der Waals surface area contributed by atoms with E-state index in [4.69, 9.17) is 14.9 Å². The molecule has 25 heavy (non-hydrogen) atoms. The molecule has 0 spiro atoms. The summed E-state index contributed by atoms with van der Waals surface area (Å²) in [5, 5.41) is 11.0. The number of aromatic nitrogens is 1. The summed E-state index contributed by atoms with van der Waals surface area (Å²) in [5.41, 5.74) is 2.79. The van der Waals surface area contributed by atoms with Crippen molar-refractivity contribution in [3.8, 4) is 5.75 Å². The van der Waals surface area contributed by atoms with Gasteiger partial charge in [-0.15, -0.1) is 0 Å². The highest BCUT2D eigenvalue weighted by atomic mass is 16.5. The van der Waals surface area contributed by atoms with Crippen LogP contribution in [-0.2, 0) is 11.3 Å². The van der Waals surface area contributed by atoms with Crippen LogP contribution in [0.25, 0.3) is 0 Å². The Morgan fingerprint density at radius 1 is 1.40 bits per heavy atom. The summed E-state index contributed by atoms with van der Waals surface area (Å²) in [4.78, 5) is 12.9. The van der Waals surface area contributed by atoms with Crippen molar-refractivity contribution >= 4 is 11.9 Å². The molecule has 2 N–H and O–H groups in total. The number of hydrogen-bond donors (Lipinski definition) is 2. The average molecular weight is 341 g/mol. The largest absolute Gasteiger partial charge is 0.497 e. The van der Waals surface area contributed by atoms with Gasteiger partial charge in [-0.2, -0.15) is 0 Å². The van der Waals surface area contributed by atoms with Gasteiger partial charge >= 0.3 is 0 Å². The highest BCUT2D eigenvalue weighted by Gasteiger charge is 2.18. The first-order valence-electron chi connectivity index (χ1n) is 8.34. The summed E-state index contributed by atoms with van der Waals surface area (Å²) in [6.45, 7) is 3.73. The van der Waals surface area contributed by atoms with Gasteiger partial charge in [0, 0.05) is 18.5 Å². The van der Waals surface area contributed by atoms with Gasteiger partial charge in [0.05, 0.1) is 37.6 Å². The number of hydrogen-bond acceptors (Lipinski definition) is 5. The van der Waals surface area contributed by atoms with Crippen LogP contribution in [0.3, 0.4) is 0 Å². The van der Waals surface area contributed by atoms with Crippen LogP contribution < -0.4 is 15.6 Å². The maximum Gasteiger partial charge on any atom is 0.261 e. The number of benzene rings is 1. The number of nitrogens with zero attached hydrogens (tertiary/aromatic N) is 1.